The van der Waals surface area contributed by atoms with Gasteiger partial charge in [0.2, 0.25) is 0 Å². The predicted molar refractivity (Wildman–Crippen MR) is 92.9 cm³/mol. The maximum Gasteiger partial charge on any atom is 0.255 e. The third kappa shape index (κ3) is 4.42. The van der Waals surface area contributed by atoms with E-state index in [4.69, 9.17) is 0 Å². The van der Waals surface area contributed by atoms with Gasteiger partial charge in [0.15, 0.2) is 0 Å². The molecule has 0 aliphatic rings. The van der Waals surface area contributed by atoms with Crippen LogP contribution in [0.2, 0.25) is 0 Å². The van der Waals surface area contributed by atoms with Crippen molar-refractivity contribution < 1.29 is 9.59 Å². The van der Waals surface area contributed by atoms with E-state index in [1.165, 1.54) is 5.56 Å². The van der Waals surface area contributed by atoms with E-state index < -0.39 is 0 Å². The van der Waals surface area contributed by atoms with E-state index in [0.717, 1.165) is 11.3 Å². The first kappa shape index (κ1) is 16.7. The van der Waals surface area contributed by atoms with E-state index in [0.29, 0.717) is 11.1 Å². The standard InChI is InChI=1S/C19H22N2O2/c1-12(2)20-18(22)15-6-5-7-16(11-15)19(23)21-17-9-8-13(3)14(4)10-17/h5-12H,1-4H3,(H,20,22)(H,21,23). The topological polar surface area (TPSA) is 58.2 Å². The van der Waals surface area contributed by atoms with Gasteiger partial charge < -0.3 is 10.6 Å². The van der Waals surface area contributed by atoms with Crippen molar-refractivity contribution in [3.8, 4) is 0 Å². The molecule has 0 aliphatic carbocycles. The molecule has 0 unspecified atom stereocenters. The number of amides is 2. The van der Waals surface area contributed by atoms with Crippen LogP contribution >= 0.6 is 0 Å². The summed E-state index contributed by atoms with van der Waals surface area (Å²) in [6, 6.07) is 12.5. The smallest absolute Gasteiger partial charge is 0.255 e. The number of nitrogens with one attached hydrogen (secondary N) is 2. The minimum atomic E-state index is -0.229. The number of benzene rings is 2. The first-order chi connectivity index (χ1) is 10.9. The van der Waals surface area contributed by atoms with Crippen LogP contribution in [0.1, 0.15) is 45.7 Å². The summed E-state index contributed by atoms with van der Waals surface area (Å²) in [6.45, 7) is 7.82. The molecule has 4 heteroatoms. The Hall–Kier alpha value is -2.62. The number of carbonyl (C=O) groups excluding carboxylic acids is 2. The minimum Gasteiger partial charge on any atom is -0.350 e. The third-order valence-corrected chi connectivity index (χ3v) is 3.57. The molecule has 2 rings (SSSR count). The zero-order chi connectivity index (χ0) is 17.0. The van der Waals surface area contributed by atoms with Gasteiger partial charge in [-0.05, 0) is 69.2 Å². The molecule has 0 saturated heterocycles. The van der Waals surface area contributed by atoms with Crippen molar-refractivity contribution in [2.45, 2.75) is 33.7 Å². The van der Waals surface area contributed by atoms with E-state index in [1.807, 2.05) is 45.9 Å². The Morgan fingerprint density at radius 3 is 2.13 bits per heavy atom. The van der Waals surface area contributed by atoms with Gasteiger partial charge in [-0.3, -0.25) is 9.59 Å². The van der Waals surface area contributed by atoms with Gasteiger partial charge in [0.05, 0.1) is 0 Å². The molecule has 2 amide bonds. The molecule has 0 bridgehead atoms. The van der Waals surface area contributed by atoms with Crippen LogP contribution in [0.4, 0.5) is 5.69 Å². The highest BCUT2D eigenvalue weighted by atomic mass is 16.2. The summed E-state index contributed by atoms with van der Waals surface area (Å²) in [7, 11) is 0. The van der Waals surface area contributed by atoms with E-state index in [1.54, 1.807) is 24.3 Å². The van der Waals surface area contributed by atoms with Crippen molar-refractivity contribution in [2.24, 2.45) is 0 Å². The maximum absolute atomic E-state index is 12.4. The molecule has 0 aromatic heterocycles. The number of anilines is 1. The van der Waals surface area contributed by atoms with Crippen LogP contribution < -0.4 is 10.6 Å². The molecule has 2 N–H and O–H groups in total. The van der Waals surface area contributed by atoms with Crippen LogP contribution in [0.5, 0.6) is 0 Å². The Morgan fingerprint density at radius 2 is 1.52 bits per heavy atom. The Labute approximate surface area is 136 Å². The maximum atomic E-state index is 12.4. The van der Waals surface area contributed by atoms with Gasteiger partial charge in [0.1, 0.15) is 0 Å². The van der Waals surface area contributed by atoms with E-state index in [2.05, 4.69) is 10.6 Å². The second kappa shape index (κ2) is 7.09. The molecule has 0 fully saturated rings. The van der Waals surface area contributed by atoms with Gasteiger partial charge >= 0.3 is 0 Å². The average molecular weight is 310 g/mol. The lowest BCUT2D eigenvalue weighted by Crippen LogP contribution is -2.30. The van der Waals surface area contributed by atoms with Crippen molar-refractivity contribution >= 4 is 17.5 Å². The molecule has 2 aromatic carbocycles. The quantitative estimate of drug-likeness (QED) is 0.904. The van der Waals surface area contributed by atoms with Gasteiger partial charge in [-0.15, -0.1) is 0 Å². The number of hydrogen-bond acceptors (Lipinski definition) is 2. The number of rotatable bonds is 4. The van der Waals surface area contributed by atoms with Crippen molar-refractivity contribution in [1.82, 2.24) is 5.32 Å². The van der Waals surface area contributed by atoms with Crippen LogP contribution in [0.3, 0.4) is 0 Å². The van der Waals surface area contributed by atoms with Crippen LogP contribution in [0.25, 0.3) is 0 Å². The van der Waals surface area contributed by atoms with Gasteiger partial charge in [0.25, 0.3) is 11.8 Å². The summed E-state index contributed by atoms with van der Waals surface area (Å²) in [4.78, 5) is 24.4. The molecule has 23 heavy (non-hydrogen) atoms. The Morgan fingerprint density at radius 1 is 0.870 bits per heavy atom. The summed E-state index contributed by atoms with van der Waals surface area (Å²) in [5.74, 6) is -0.409. The average Bonchev–Trinajstić information content (AvgIpc) is 2.50. The highest BCUT2D eigenvalue weighted by molar-refractivity contribution is 6.06. The van der Waals surface area contributed by atoms with Crippen molar-refractivity contribution in [3.05, 3.63) is 64.7 Å². The molecule has 0 radical (unpaired) electrons. The summed E-state index contributed by atoms with van der Waals surface area (Å²) in [5.41, 5.74) is 3.98. The molecule has 2 aromatic rings. The van der Waals surface area contributed by atoms with Crippen molar-refractivity contribution in [2.75, 3.05) is 5.32 Å². The molecule has 120 valence electrons. The highest BCUT2D eigenvalue weighted by Crippen LogP contribution is 2.15. The fraction of sp³-hybridized carbons (Fsp3) is 0.263. The van der Waals surface area contributed by atoms with E-state index >= 15 is 0 Å². The molecule has 0 spiro atoms. The van der Waals surface area contributed by atoms with E-state index in [-0.39, 0.29) is 17.9 Å². The first-order valence-electron chi connectivity index (χ1n) is 7.66. The lowest BCUT2D eigenvalue weighted by atomic mass is 10.1. The molecule has 0 atom stereocenters. The summed E-state index contributed by atoms with van der Waals surface area (Å²) < 4.78 is 0. The Kier molecular flexibility index (Phi) is 5.16. The minimum absolute atomic E-state index is 0.0514. The Bertz CT molecular complexity index is 736. The highest BCUT2D eigenvalue weighted by Gasteiger charge is 2.11. The molecular formula is C19H22N2O2. The zero-order valence-corrected chi connectivity index (χ0v) is 13.9. The second-order valence-electron chi connectivity index (χ2n) is 5.96. The van der Waals surface area contributed by atoms with Crippen molar-refractivity contribution in [3.63, 3.8) is 0 Å². The van der Waals surface area contributed by atoms with Gasteiger partial charge in [-0.2, -0.15) is 0 Å². The van der Waals surface area contributed by atoms with Crippen LogP contribution in [0.15, 0.2) is 42.5 Å². The SMILES string of the molecule is Cc1ccc(NC(=O)c2cccc(C(=O)NC(C)C)c2)cc1C. The molecule has 0 saturated carbocycles. The predicted octanol–water partition coefficient (Wildman–Crippen LogP) is 3.69. The van der Waals surface area contributed by atoms with Crippen LogP contribution in [-0.4, -0.2) is 17.9 Å². The monoisotopic (exact) mass is 310 g/mol. The van der Waals surface area contributed by atoms with Gasteiger partial charge in [-0.1, -0.05) is 12.1 Å². The van der Waals surface area contributed by atoms with Crippen molar-refractivity contribution in [1.29, 1.82) is 0 Å². The van der Waals surface area contributed by atoms with E-state index in [9.17, 15) is 9.59 Å². The Balaban J connectivity index is 2.16. The number of aryl methyl sites for hydroxylation is 2. The second-order valence-corrected chi connectivity index (χ2v) is 5.96. The van der Waals surface area contributed by atoms with Crippen LogP contribution in [0, 0.1) is 13.8 Å². The lowest BCUT2D eigenvalue weighted by molar-refractivity contribution is 0.0943. The summed E-state index contributed by atoms with van der Waals surface area (Å²) in [6.07, 6.45) is 0. The fourth-order valence-electron chi connectivity index (χ4n) is 2.17. The largest absolute Gasteiger partial charge is 0.350 e. The summed E-state index contributed by atoms with van der Waals surface area (Å²) >= 11 is 0. The number of carbonyl (C=O) groups is 2. The van der Waals surface area contributed by atoms with Gasteiger partial charge in [-0.25, -0.2) is 0 Å². The first-order valence-corrected chi connectivity index (χ1v) is 7.66. The number of hydrogen-bond donors (Lipinski definition) is 2. The molecule has 4 nitrogen and oxygen atoms in total. The molecule has 0 heterocycles. The summed E-state index contributed by atoms with van der Waals surface area (Å²) in [5, 5.41) is 5.68. The van der Waals surface area contributed by atoms with Gasteiger partial charge in [0, 0.05) is 22.9 Å². The molecular weight excluding hydrogens is 288 g/mol. The lowest BCUT2D eigenvalue weighted by Gasteiger charge is -2.10. The molecule has 0 aliphatic heterocycles. The zero-order valence-electron chi connectivity index (χ0n) is 13.9. The normalized spacial score (nSPS) is 10.5. The third-order valence-electron chi connectivity index (χ3n) is 3.57. The van der Waals surface area contributed by atoms with Crippen LogP contribution in [-0.2, 0) is 0 Å². The fourth-order valence-corrected chi connectivity index (χ4v) is 2.17.